The van der Waals surface area contributed by atoms with Crippen LogP contribution in [0.15, 0.2) is 42.7 Å². The van der Waals surface area contributed by atoms with Crippen LogP contribution >= 0.6 is 0 Å². The molecule has 0 radical (unpaired) electrons. The van der Waals surface area contributed by atoms with E-state index in [2.05, 4.69) is 75.8 Å². The van der Waals surface area contributed by atoms with Crippen LogP contribution in [-0.4, -0.2) is 47.6 Å². The molecule has 3 heterocycles. The molecule has 4 rings (SSSR count). The number of hydrogen-bond donors (Lipinski definition) is 1. The van der Waals surface area contributed by atoms with E-state index in [0.717, 1.165) is 42.9 Å². The normalized spacial score (nSPS) is 22.6. The minimum Gasteiger partial charge on any atom is -0.380 e. The highest BCUT2D eigenvalue weighted by Crippen LogP contribution is 2.50. The first-order valence-corrected chi connectivity index (χ1v) is 12.3. The van der Waals surface area contributed by atoms with Gasteiger partial charge in [-0.1, -0.05) is 58.9 Å². The van der Waals surface area contributed by atoms with Gasteiger partial charge in [-0.2, -0.15) is 0 Å². The quantitative estimate of drug-likeness (QED) is 0.660. The van der Waals surface area contributed by atoms with E-state index < -0.39 is 5.60 Å². The first-order chi connectivity index (χ1) is 15.5. The largest absolute Gasteiger partial charge is 0.380 e. The van der Waals surface area contributed by atoms with Crippen molar-refractivity contribution in [2.45, 2.75) is 59.0 Å². The van der Waals surface area contributed by atoms with Crippen LogP contribution in [0.4, 0.5) is 5.69 Å². The molecule has 2 aliphatic rings. The number of amides is 1. The Morgan fingerprint density at radius 1 is 1.12 bits per heavy atom. The lowest BCUT2D eigenvalue weighted by atomic mass is 9.62. The molecule has 1 N–H and O–H groups in total. The second-order valence-electron chi connectivity index (χ2n) is 11.4. The van der Waals surface area contributed by atoms with Gasteiger partial charge in [0.15, 0.2) is 0 Å². The molecular formula is C28H39N3O2. The zero-order valence-corrected chi connectivity index (χ0v) is 21.0. The van der Waals surface area contributed by atoms with Gasteiger partial charge in [-0.3, -0.25) is 9.78 Å². The first kappa shape index (κ1) is 23.9. The standard InChI is InChI=1S/C28H39N3O2/c1-19(2)11-21-12-26(32)31(16-21)25-13-24(14-29-15-25)28(33,27(5)17-30(6)18-27)23-9-7-22(8-10-23)20(3)4/h7-10,13-15,19-21,33H,11-12,16-18H2,1-6H3. The number of carbonyl (C=O) groups is 1. The third-order valence-corrected chi connectivity index (χ3v) is 7.57. The van der Waals surface area contributed by atoms with Crippen molar-refractivity contribution in [1.82, 2.24) is 9.88 Å². The highest BCUT2D eigenvalue weighted by Gasteiger charge is 2.55. The minimum absolute atomic E-state index is 0.152. The monoisotopic (exact) mass is 449 g/mol. The van der Waals surface area contributed by atoms with Crippen LogP contribution in [0.25, 0.3) is 0 Å². The van der Waals surface area contributed by atoms with Crippen LogP contribution in [0, 0.1) is 17.3 Å². The maximum Gasteiger partial charge on any atom is 0.227 e. The van der Waals surface area contributed by atoms with Crippen molar-refractivity contribution in [3.05, 3.63) is 59.4 Å². The Morgan fingerprint density at radius 3 is 2.36 bits per heavy atom. The van der Waals surface area contributed by atoms with E-state index in [4.69, 9.17) is 0 Å². The number of pyridine rings is 1. The molecule has 178 valence electrons. The lowest BCUT2D eigenvalue weighted by Gasteiger charge is -2.56. The molecule has 5 heteroatoms. The van der Waals surface area contributed by atoms with Crippen molar-refractivity contribution < 1.29 is 9.90 Å². The summed E-state index contributed by atoms with van der Waals surface area (Å²) in [7, 11) is 2.08. The van der Waals surface area contributed by atoms with Gasteiger partial charge in [0.2, 0.25) is 5.91 Å². The SMILES string of the molecule is CC(C)CC1CC(=O)N(c2cncc(C(O)(c3ccc(C(C)C)cc3)C3(C)CN(C)C3)c2)C1. The van der Waals surface area contributed by atoms with E-state index in [9.17, 15) is 9.90 Å². The molecule has 2 saturated heterocycles. The molecule has 1 aromatic carbocycles. The van der Waals surface area contributed by atoms with E-state index >= 15 is 0 Å². The smallest absolute Gasteiger partial charge is 0.227 e. The number of likely N-dealkylation sites (tertiary alicyclic amines) is 1. The molecule has 2 fully saturated rings. The third kappa shape index (κ3) is 4.33. The van der Waals surface area contributed by atoms with Gasteiger partial charge >= 0.3 is 0 Å². The molecule has 1 amide bonds. The molecule has 33 heavy (non-hydrogen) atoms. The maximum absolute atomic E-state index is 12.8. The molecule has 1 aromatic heterocycles. The van der Waals surface area contributed by atoms with Crippen LogP contribution in [0.1, 0.15) is 70.1 Å². The molecule has 2 aliphatic heterocycles. The average molecular weight is 450 g/mol. The molecule has 0 aliphatic carbocycles. The van der Waals surface area contributed by atoms with E-state index in [1.807, 2.05) is 11.0 Å². The molecule has 2 aromatic rings. The number of aliphatic hydroxyl groups is 1. The molecule has 2 unspecified atom stereocenters. The summed E-state index contributed by atoms with van der Waals surface area (Å²) in [5.74, 6) is 1.53. The van der Waals surface area contributed by atoms with E-state index in [1.54, 1.807) is 12.4 Å². The molecule has 0 spiro atoms. The third-order valence-electron chi connectivity index (χ3n) is 7.57. The highest BCUT2D eigenvalue weighted by atomic mass is 16.3. The predicted molar refractivity (Wildman–Crippen MR) is 133 cm³/mol. The van der Waals surface area contributed by atoms with Crippen LogP contribution < -0.4 is 4.90 Å². The lowest BCUT2D eigenvalue weighted by Crippen LogP contribution is -2.63. The van der Waals surface area contributed by atoms with Gasteiger partial charge in [0, 0.05) is 43.2 Å². The first-order valence-electron chi connectivity index (χ1n) is 12.3. The van der Waals surface area contributed by atoms with Crippen molar-refractivity contribution in [3.63, 3.8) is 0 Å². The van der Waals surface area contributed by atoms with Gasteiger partial charge in [-0.25, -0.2) is 0 Å². The molecule has 5 nitrogen and oxygen atoms in total. The zero-order valence-electron chi connectivity index (χ0n) is 21.0. The summed E-state index contributed by atoms with van der Waals surface area (Å²) in [6.07, 6.45) is 5.17. The number of rotatable bonds is 7. The second-order valence-corrected chi connectivity index (χ2v) is 11.4. The summed E-state index contributed by atoms with van der Waals surface area (Å²) in [4.78, 5) is 21.4. The summed E-state index contributed by atoms with van der Waals surface area (Å²) in [6.45, 7) is 13.2. The van der Waals surface area contributed by atoms with Gasteiger partial charge in [0.25, 0.3) is 0 Å². The molecule has 0 bridgehead atoms. The van der Waals surface area contributed by atoms with Gasteiger partial charge in [0.05, 0.1) is 11.9 Å². The minimum atomic E-state index is -1.20. The second kappa shape index (κ2) is 8.84. The number of aromatic nitrogens is 1. The Labute approximate surface area is 198 Å². The fourth-order valence-electron chi connectivity index (χ4n) is 5.98. The van der Waals surface area contributed by atoms with E-state index in [0.29, 0.717) is 24.2 Å². The van der Waals surface area contributed by atoms with Crippen molar-refractivity contribution in [1.29, 1.82) is 0 Å². The highest BCUT2D eigenvalue weighted by molar-refractivity contribution is 5.95. The number of hydrogen-bond acceptors (Lipinski definition) is 4. The van der Waals surface area contributed by atoms with Crippen LogP contribution in [0.3, 0.4) is 0 Å². The molecule has 2 atom stereocenters. The van der Waals surface area contributed by atoms with Gasteiger partial charge < -0.3 is 14.9 Å². The topological polar surface area (TPSA) is 56.7 Å². The number of anilines is 1. The summed E-state index contributed by atoms with van der Waals surface area (Å²) in [5.41, 5.74) is 2.13. The van der Waals surface area contributed by atoms with Crippen molar-refractivity contribution in [2.24, 2.45) is 17.3 Å². The Kier molecular flexibility index (Phi) is 6.41. The predicted octanol–water partition coefficient (Wildman–Crippen LogP) is 4.79. The van der Waals surface area contributed by atoms with Gasteiger partial charge in [0.1, 0.15) is 5.60 Å². The van der Waals surface area contributed by atoms with Crippen LogP contribution in [0.2, 0.25) is 0 Å². The fourth-order valence-corrected chi connectivity index (χ4v) is 5.98. The maximum atomic E-state index is 12.8. The zero-order chi connectivity index (χ0) is 24.0. The summed E-state index contributed by atoms with van der Waals surface area (Å²) in [5, 5.41) is 12.4. The van der Waals surface area contributed by atoms with Crippen LogP contribution in [-0.2, 0) is 10.4 Å². The summed E-state index contributed by atoms with van der Waals surface area (Å²) >= 11 is 0. The van der Waals surface area contributed by atoms with E-state index in [1.165, 1.54) is 5.56 Å². The van der Waals surface area contributed by atoms with Crippen molar-refractivity contribution in [2.75, 3.05) is 31.6 Å². The average Bonchev–Trinajstić information content (AvgIpc) is 3.11. The Bertz CT molecular complexity index is 994. The number of benzene rings is 1. The Balaban J connectivity index is 1.72. The van der Waals surface area contributed by atoms with E-state index in [-0.39, 0.29) is 11.3 Å². The molecule has 0 saturated carbocycles. The fraction of sp³-hybridized carbons (Fsp3) is 0.571. The molecular weight excluding hydrogens is 410 g/mol. The number of nitrogens with zero attached hydrogens (tertiary/aromatic N) is 3. The number of carbonyl (C=O) groups excluding carboxylic acids is 1. The van der Waals surface area contributed by atoms with Crippen LogP contribution in [0.5, 0.6) is 0 Å². The van der Waals surface area contributed by atoms with Gasteiger partial charge in [-0.05, 0) is 48.4 Å². The Hall–Kier alpha value is -2.24. The lowest BCUT2D eigenvalue weighted by molar-refractivity contribution is -0.127. The Morgan fingerprint density at radius 2 is 1.79 bits per heavy atom. The summed E-state index contributed by atoms with van der Waals surface area (Å²) < 4.78 is 0. The summed E-state index contributed by atoms with van der Waals surface area (Å²) in [6, 6.07) is 10.3. The van der Waals surface area contributed by atoms with Crippen molar-refractivity contribution >= 4 is 11.6 Å². The van der Waals surface area contributed by atoms with Crippen molar-refractivity contribution in [3.8, 4) is 0 Å². The van der Waals surface area contributed by atoms with Gasteiger partial charge in [-0.15, -0.1) is 0 Å².